The first-order valence-corrected chi connectivity index (χ1v) is 7.18. The van der Waals surface area contributed by atoms with Crippen LogP contribution in [0, 0.1) is 19.8 Å². The average Bonchev–Trinajstić information content (AvgIpc) is 2.52. The summed E-state index contributed by atoms with van der Waals surface area (Å²) < 4.78 is 0. The molecule has 1 aliphatic carbocycles. The molecule has 1 aromatic heterocycles. The third kappa shape index (κ3) is 3.07. The fraction of sp³-hybridized carbons (Fsp3) is 0.538. The third-order valence-corrected chi connectivity index (χ3v) is 4.72. The SMILES string of the molecule is Cc1sc(NC(=O)NCC2CCC2)c(C(=O)O)c1C. The van der Waals surface area contributed by atoms with Crippen LogP contribution >= 0.6 is 11.3 Å². The fourth-order valence-electron chi connectivity index (χ4n) is 2.05. The number of amides is 2. The van der Waals surface area contributed by atoms with Crippen LogP contribution in [0.25, 0.3) is 0 Å². The van der Waals surface area contributed by atoms with Crippen LogP contribution in [0.1, 0.15) is 40.1 Å². The predicted molar refractivity (Wildman–Crippen MR) is 75.1 cm³/mol. The molecule has 1 saturated carbocycles. The maximum absolute atomic E-state index is 11.7. The van der Waals surface area contributed by atoms with Gasteiger partial charge in [0.25, 0.3) is 0 Å². The van der Waals surface area contributed by atoms with Gasteiger partial charge < -0.3 is 10.4 Å². The lowest BCUT2D eigenvalue weighted by Gasteiger charge is -2.25. The Hall–Kier alpha value is -1.56. The van der Waals surface area contributed by atoms with Crippen LogP contribution in [0.15, 0.2) is 0 Å². The average molecular weight is 282 g/mol. The number of carbonyl (C=O) groups is 2. The van der Waals surface area contributed by atoms with Gasteiger partial charge in [-0.15, -0.1) is 11.3 Å². The van der Waals surface area contributed by atoms with Crippen molar-refractivity contribution in [3.8, 4) is 0 Å². The number of aryl methyl sites for hydroxylation is 1. The second kappa shape index (κ2) is 5.61. The van der Waals surface area contributed by atoms with Crippen LogP contribution in [-0.2, 0) is 0 Å². The number of carbonyl (C=O) groups excluding carboxylic acids is 1. The molecule has 104 valence electrons. The normalized spacial score (nSPS) is 14.8. The van der Waals surface area contributed by atoms with E-state index in [9.17, 15) is 14.7 Å². The largest absolute Gasteiger partial charge is 0.478 e. The van der Waals surface area contributed by atoms with Crippen molar-refractivity contribution in [3.05, 3.63) is 16.0 Å². The van der Waals surface area contributed by atoms with E-state index in [2.05, 4.69) is 10.6 Å². The molecule has 1 heterocycles. The molecule has 3 N–H and O–H groups in total. The molecular formula is C13H18N2O3S. The lowest BCUT2D eigenvalue weighted by Crippen LogP contribution is -2.35. The van der Waals surface area contributed by atoms with Gasteiger partial charge in [-0.25, -0.2) is 9.59 Å². The van der Waals surface area contributed by atoms with Gasteiger partial charge in [-0.1, -0.05) is 6.42 Å². The Bertz CT molecular complexity index is 506. The molecule has 0 spiro atoms. The quantitative estimate of drug-likeness (QED) is 0.794. The Morgan fingerprint density at radius 1 is 1.37 bits per heavy atom. The number of urea groups is 1. The number of nitrogens with one attached hydrogen (secondary N) is 2. The van der Waals surface area contributed by atoms with Crippen molar-refractivity contribution in [1.82, 2.24) is 5.32 Å². The van der Waals surface area contributed by atoms with Gasteiger partial charge in [-0.3, -0.25) is 5.32 Å². The van der Waals surface area contributed by atoms with Gasteiger partial charge in [0.2, 0.25) is 0 Å². The molecule has 0 saturated heterocycles. The Morgan fingerprint density at radius 2 is 2.05 bits per heavy atom. The van der Waals surface area contributed by atoms with Gasteiger partial charge in [0.15, 0.2) is 0 Å². The molecular weight excluding hydrogens is 264 g/mol. The van der Waals surface area contributed by atoms with Gasteiger partial charge in [-0.2, -0.15) is 0 Å². The summed E-state index contributed by atoms with van der Waals surface area (Å²) >= 11 is 1.30. The molecule has 5 nitrogen and oxygen atoms in total. The zero-order valence-electron chi connectivity index (χ0n) is 11.1. The van der Waals surface area contributed by atoms with E-state index in [4.69, 9.17) is 0 Å². The van der Waals surface area contributed by atoms with Crippen LogP contribution < -0.4 is 10.6 Å². The molecule has 0 aliphatic heterocycles. The zero-order chi connectivity index (χ0) is 14.0. The fourth-order valence-corrected chi connectivity index (χ4v) is 3.10. The highest BCUT2D eigenvalue weighted by Crippen LogP contribution is 2.32. The van der Waals surface area contributed by atoms with E-state index in [0.29, 0.717) is 23.0 Å². The van der Waals surface area contributed by atoms with E-state index >= 15 is 0 Å². The summed E-state index contributed by atoms with van der Waals surface area (Å²) in [5, 5.41) is 15.0. The minimum Gasteiger partial charge on any atom is -0.478 e. The number of hydrogen-bond acceptors (Lipinski definition) is 3. The maximum Gasteiger partial charge on any atom is 0.338 e. The predicted octanol–water partition coefficient (Wildman–Crippen LogP) is 2.98. The van der Waals surface area contributed by atoms with Gasteiger partial charge in [0, 0.05) is 11.4 Å². The minimum absolute atomic E-state index is 0.196. The standard InChI is InChI=1S/C13H18N2O3S/c1-7-8(2)19-11(10(7)12(16)17)15-13(18)14-6-9-4-3-5-9/h9H,3-6H2,1-2H3,(H,16,17)(H2,14,15,18). The number of hydrogen-bond donors (Lipinski definition) is 3. The van der Waals surface area contributed by atoms with Crippen molar-refractivity contribution in [3.63, 3.8) is 0 Å². The molecule has 0 bridgehead atoms. The first-order chi connectivity index (χ1) is 8.99. The molecule has 2 rings (SSSR count). The molecule has 0 atom stereocenters. The summed E-state index contributed by atoms with van der Waals surface area (Å²) in [5.74, 6) is -0.423. The number of thiophene rings is 1. The van der Waals surface area contributed by atoms with Crippen molar-refractivity contribution < 1.29 is 14.7 Å². The second-order valence-electron chi connectivity index (χ2n) is 4.92. The highest BCUT2D eigenvalue weighted by molar-refractivity contribution is 7.16. The maximum atomic E-state index is 11.7. The Balaban J connectivity index is 1.99. The first-order valence-electron chi connectivity index (χ1n) is 6.37. The molecule has 6 heteroatoms. The summed E-state index contributed by atoms with van der Waals surface area (Å²) in [7, 11) is 0. The van der Waals surface area contributed by atoms with E-state index in [1.807, 2.05) is 6.92 Å². The summed E-state index contributed by atoms with van der Waals surface area (Å²) in [4.78, 5) is 23.8. The van der Waals surface area contributed by atoms with Crippen LogP contribution in [0.3, 0.4) is 0 Å². The highest BCUT2D eigenvalue weighted by atomic mass is 32.1. The van der Waals surface area contributed by atoms with Crippen molar-refractivity contribution in [2.24, 2.45) is 5.92 Å². The second-order valence-corrected chi connectivity index (χ2v) is 6.15. The van der Waals surface area contributed by atoms with Gasteiger partial charge >= 0.3 is 12.0 Å². The van der Waals surface area contributed by atoms with Crippen LogP contribution in [0.4, 0.5) is 9.80 Å². The van der Waals surface area contributed by atoms with E-state index in [-0.39, 0.29) is 11.6 Å². The van der Waals surface area contributed by atoms with E-state index < -0.39 is 5.97 Å². The number of rotatable bonds is 4. The molecule has 1 aliphatic rings. The van der Waals surface area contributed by atoms with E-state index in [0.717, 1.165) is 17.7 Å². The molecule has 0 radical (unpaired) electrons. The van der Waals surface area contributed by atoms with E-state index in [1.165, 1.54) is 17.8 Å². The molecule has 0 unspecified atom stereocenters. The molecule has 1 aromatic rings. The first kappa shape index (κ1) is 13.9. The number of anilines is 1. The highest BCUT2D eigenvalue weighted by Gasteiger charge is 2.21. The summed E-state index contributed by atoms with van der Waals surface area (Å²) in [6, 6.07) is -0.323. The summed E-state index contributed by atoms with van der Waals surface area (Å²) in [5.41, 5.74) is 0.910. The Kier molecular flexibility index (Phi) is 4.09. The molecule has 1 fully saturated rings. The molecule has 19 heavy (non-hydrogen) atoms. The van der Waals surface area contributed by atoms with Crippen LogP contribution in [0.2, 0.25) is 0 Å². The van der Waals surface area contributed by atoms with Crippen LogP contribution in [-0.4, -0.2) is 23.7 Å². The van der Waals surface area contributed by atoms with E-state index in [1.54, 1.807) is 6.92 Å². The number of aromatic carboxylic acids is 1. The minimum atomic E-state index is -1.00. The smallest absolute Gasteiger partial charge is 0.338 e. The van der Waals surface area contributed by atoms with Gasteiger partial charge in [0.05, 0.1) is 5.56 Å². The van der Waals surface area contributed by atoms with Crippen molar-refractivity contribution in [2.45, 2.75) is 33.1 Å². The van der Waals surface area contributed by atoms with Gasteiger partial charge in [0.1, 0.15) is 5.00 Å². The molecule has 2 amide bonds. The molecule has 0 aromatic carbocycles. The summed E-state index contributed by atoms with van der Waals surface area (Å²) in [6.45, 7) is 4.27. The Morgan fingerprint density at radius 3 is 2.58 bits per heavy atom. The van der Waals surface area contributed by atoms with Crippen molar-refractivity contribution in [2.75, 3.05) is 11.9 Å². The van der Waals surface area contributed by atoms with Crippen molar-refractivity contribution in [1.29, 1.82) is 0 Å². The zero-order valence-corrected chi connectivity index (χ0v) is 11.9. The van der Waals surface area contributed by atoms with Crippen molar-refractivity contribution >= 4 is 28.3 Å². The van der Waals surface area contributed by atoms with Crippen LogP contribution in [0.5, 0.6) is 0 Å². The monoisotopic (exact) mass is 282 g/mol. The summed E-state index contributed by atoms with van der Waals surface area (Å²) in [6.07, 6.45) is 3.57. The number of carboxylic acid groups (broad SMARTS) is 1. The Labute approximate surface area is 116 Å². The lowest BCUT2D eigenvalue weighted by atomic mass is 9.85. The topological polar surface area (TPSA) is 78.4 Å². The van der Waals surface area contributed by atoms with Gasteiger partial charge in [-0.05, 0) is 38.2 Å². The lowest BCUT2D eigenvalue weighted by molar-refractivity contribution is 0.0697. The number of carboxylic acids is 1. The third-order valence-electron chi connectivity index (χ3n) is 3.60.